The molecule has 3 nitrogen and oxygen atoms in total. The summed E-state index contributed by atoms with van der Waals surface area (Å²) in [6.45, 7) is 16.6. The highest BCUT2D eigenvalue weighted by molar-refractivity contribution is 7.07. The molecule has 1 aromatic heterocycles. The predicted octanol–water partition coefficient (Wildman–Crippen LogP) is 6.55. The fourth-order valence-corrected chi connectivity index (χ4v) is 3.58. The van der Waals surface area contributed by atoms with E-state index in [-0.39, 0.29) is 5.41 Å². The molecule has 0 N–H and O–H groups in total. The Balaban J connectivity index is 1.87. The van der Waals surface area contributed by atoms with E-state index in [0.717, 1.165) is 25.4 Å². The second-order valence-corrected chi connectivity index (χ2v) is 10.2. The van der Waals surface area contributed by atoms with Crippen LogP contribution in [0, 0.1) is 17.3 Å². The highest BCUT2D eigenvalue weighted by Gasteiger charge is 2.20. The van der Waals surface area contributed by atoms with Crippen molar-refractivity contribution in [1.82, 2.24) is 4.90 Å². The van der Waals surface area contributed by atoms with Crippen molar-refractivity contribution in [2.75, 3.05) is 19.7 Å². The fraction of sp³-hybridized carbons (Fsp3) is 0.481. The second kappa shape index (κ2) is 12.1. The van der Waals surface area contributed by atoms with Crippen molar-refractivity contribution < 1.29 is 9.47 Å². The molecule has 2 rings (SSSR count). The first-order valence-corrected chi connectivity index (χ1v) is 11.9. The molecule has 1 aromatic carbocycles. The van der Waals surface area contributed by atoms with Crippen LogP contribution >= 0.6 is 11.3 Å². The zero-order valence-electron chi connectivity index (χ0n) is 19.9. The topological polar surface area (TPSA) is 21.7 Å². The minimum absolute atomic E-state index is 0.0396. The summed E-state index contributed by atoms with van der Waals surface area (Å²) >= 11 is 1.69. The van der Waals surface area contributed by atoms with Crippen LogP contribution in [-0.4, -0.2) is 30.2 Å². The molecule has 0 saturated carbocycles. The Hall–Kier alpha value is -2.06. The van der Waals surface area contributed by atoms with Gasteiger partial charge in [0.1, 0.15) is 11.4 Å². The first kappa shape index (κ1) is 25.2. The molecule has 168 valence electrons. The van der Waals surface area contributed by atoms with Crippen molar-refractivity contribution in [2.45, 2.75) is 60.3 Å². The van der Waals surface area contributed by atoms with Gasteiger partial charge < -0.3 is 9.47 Å². The number of hydrogen-bond acceptors (Lipinski definition) is 4. The number of thiophene rings is 1. The summed E-state index contributed by atoms with van der Waals surface area (Å²) in [7, 11) is 0. The largest absolute Gasteiger partial charge is 0.485 e. The van der Waals surface area contributed by atoms with Crippen LogP contribution < -0.4 is 4.74 Å². The molecular weight excluding hydrogens is 402 g/mol. The third kappa shape index (κ3) is 10.7. The van der Waals surface area contributed by atoms with Crippen LogP contribution in [0.1, 0.15) is 52.7 Å². The van der Waals surface area contributed by atoms with E-state index < -0.39 is 5.60 Å². The molecule has 0 aliphatic rings. The lowest BCUT2D eigenvalue weighted by Crippen LogP contribution is -2.34. The Labute approximate surface area is 193 Å². The van der Waals surface area contributed by atoms with Crippen molar-refractivity contribution in [2.24, 2.45) is 5.41 Å². The van der Waals surface area contributed by atoms with Crippen LogP contribution in [0.5, 0.6) is 5.75 Å². The van der Waals surface area contributed by atoms with E-state index in [1.807, 2.05) is 12.1 Å². The zero-order chi connectivity index (χ0) is 22.7. The maximum absolute atomic E-state index is 6.25. The van der Waals surface area contributed by atoms with Gasteiger partial charge in [-0.2, -0.15) is 11.3 Å². The molecule has 31 heavy (non-hydrogen) atoms. The second-order valence-electron chi connectivity index (χ2n) is 9.38. The first-order valence-electron chi connectivity index (χ1n) is 10.9. The number of rotatable bonds is 11. The Morgan fingerprint density at radius 1 is 1.10 bits per heavy atom. The first-order chi connectivity index (χ1) is 14.7. The fourth-order valence-electron chi connectivity index (χ4n) is 2.93. The van der Waals surface area contributed by atoms with Gasteiger partial charge in [0, 0.05) is 18.5 Å². The molecule has 4 heteroatoms. The molecule has 1 heterocycles. The molecule has 0 fully saturated rings. The molecule has 0 amide bonds. The highest BCUT2D eigenvalue weighted by atomic mass is 32.1. The molecule has 0 saturated heterocycles. The van der Waals surface area contributed by atoms with Crippen LogP contribution in [0.3, 0.4) is 0 Å². The number of benzene rings is 1. The van der Waals surface area contributed by atoms with E-state index in [9.17, 15) is 0 Å². The summed E-state index contributed by atoms with van der Waals surface area (Å²) in [6, 6.07) is 10.5. The molecular formula is C27H37NO2S. The van der Waals surface area contributed by atoms with Crippen molar-refractivity contribution in [3.63, 3.8) is 0 Å². The van der Waals surface area contributed by atoms with Gasteiger partial charge in [-0.1, -0.05) is 37.0 Å². The Bertz CT molecular complexity index is 867. The lowest BCUT2D eigenvalue weighted by Gasteiger charge is -2.27. The molecule has 0 unspecified atom stereocenters. The Kier molecular flexibility index (Phi) is 9.84. The van der Waals surface area contributed by atoms with Gasteiger partial charge in [-0.3, -0.25) is 4.90 Å². The minimum atomic E-state index is -0.395. The number of hydrogen-bond donors (Lipinski definition) is 0. The lowest BCUT2D eigenvalue weighted by atomic mass is 9.98. The van der Waals surface area contributed by atoms with E-state index in [2.05, 4.69) is 99.4 Å². The van der Waals surface area contributed by atoms with Crippen molar-refractivity contribution in [1.29, 1.82) is 0 Å². The smallest absolute Gasteiger partial charge is 0.127 e. The maximum atomic E-state index is 6.25. The van der Waals surface area contributed by atoms with Crippen molar-refractivity contribution >= 4 is 11.3 Å². The van der Waals surface area contributed by atoms with Gasteiger partial charge in [0.15, 0.2) is 0 Å². The molecule has 0 aliphatic carbocycles. The van der Waals surface area contributed by atoms with E-state index in [1.165, 1.54) is 11.1 Å². The minimum Gasteiger partial charge on any atom is -0.485 e. The third-order valence-corrected chi connectivity index (χ3v) is 5.19. The van der Waals surface area contributed by atoms with Gasteiger partial charge in [0.05, 0.1) is 13.2 Å². The van der Waals surface area contributed by atoms with Gasteiger partial charge in [0.2, 0.25) is 0 Å². The average molecular weight is 440 g/mol. The summed E-state index contributed by atoms with van der Waals surface area (Å²) in [5.74, 6) is 7.25. The summed E-state index contributed by atoms with van der Waals surface area (Å²) in [5, 5.41) is 4.18. The highest BCUT2D eigenvalue weighted by Crippen LogP contribution is 2.21. The number of ether oxygens (including phenoxy) is 2. The third-order valence-electron chi connectivity index (χ3n) is 4.46. The van der Waals surface area contributed by atoms with Gasteiger partial charge >= 0.3 is 0 Å². The van der Waals surface area contributed by atoms with Gasteiger partial charge in [0.25, 0.3) is 0 Å². The zero-order valence-corrected chi connectivity index (χ0v) is 20.7. The summed E-state index contributed by atoms with van der Waals surface area (Å²) in [6.07, 6.45) is 4.10. The molecule has 0 bridgehead atoms. The number of allylic oxidation sites excluding steroid dienone is 1. The molecule has 0 spiro atoms. The molecule has 2 aromatic rings. The van der Waals surface area contributed by atoms with E-state index in [0.29, 0.717) is 13.2 Å². The molecule has 0 radical (unpaired) electrons. The molecule has 0 atom stereocenters. The SMILES string of the molecule is CCN(CC=CC#CC(C)(C)C)Cc1cccc(OC(C)(C)COCc2ccsc2)c1. The summed E-state index contributed by atoms with van der Waals surface area (Å²) in [4.78, 5) is 2.38. The van der Waals surface area contributed by atoms with Gasteiger partial charge in [-0.25, -0.2) is 0 Å². The normalized spacial score (nSPS) is 12.2. The van der Waals surface area contributed by atoms with Crippen molar-refractivity contribution in [3.05, 3.63) is 64.4 Å². The monoisotopic (exact) mass is 439 g/mol. The summed E-state index contributed by atoms with van der Waals surface area (Å²) < 4.78 is 12.1. The Morgan fingerprint density at radius 3 is 2.58 bits per heavy atom. The van der Waals surface area contributed by atoms with Crippen LogP contribution in [0.25, 0.3) is 0 Å². The van der Waals surface area contributed by atoms with Crippen molar-refractivity contribution in [3.8, 4) is 17.6 Å². The van der Waals surface area contributed by atoms with E-state index in [4.69, 9.17) is 9.47 Å². The Morgan fingerprint density at radius 2 is 1.90 bits per heavy atom. The standard InChI is InChI=1S/C27H37NO2S/c1-7-28(16-10-8-9-15-26(2,3)4)19-23-12-11-13-25(18-23)30-27(5,6)22-29-20-24-14-17-31-21-24/h8,10-14,17-18,21H,7,16,19-20,22H2,1-6H3. The van der Waals surface area contributed by atoms with Crippen LogP contribution in [0.4, 0.5) is 0 Å². The van der Waals surface area contributed by atoms with E-state index >= 15 is 0 Å². The average Bonchev–Trinajstić information content (AvgIpc) is 3.19. The predicted molar refractivity (Wildman–Crippen MR) is 132 cm³/mol. The van der Waals surface area contributed by atoms with Gasteiger partial charge in [-0.05, 0) is 87.3 Å². The number of likely N-dealkylation sites (N-methyl/N-ethyl adjacent to an activating group) is 1. The molecule has 0 aliphatic heterocycles. The quantitative estimate of drug-likeness (QED) is 0.371. The summed E-state index contributed by atoms with van der Waals surface area (Å²) in [5.41, 5.74) is 2.09. The van der Waals surface area contributed by atoms with E-state index in [1.54, 1.807) is 11.3 Å². The maximum Gasteiger partial charge on any atom is 0.127 e. The number of nitrogens with zero attached hydrogens (tertiary/aromatic N) is 1. The van der Waals surface area contributed by atoms with Crippen LogP contribution in [0.2, 0.25) is 0 Å². The lowest BCUT2D eigenvalue weighted by molar-refractivity contribution is -0.0101. The van der Waals surface area contributed by atoms with Crippen LogP contribution in [-0.2, 0) is 17.9 Å². The van der Waals surface area contributed by atoms with Gasteiger partial charge in [-0.15, -0.1) is 0 Å². The van der Waals surface area contributed by atoms with Crippen LogP contribution in [0.15, 0.2) is 53.2 Å².